The van der Waals surface area contributed by atoms with Gasteiger partial charge in [0.2, 0.25) is 6.29 Å². The highest BCUT2D eigenvalue weighted by Gasteiger charge is 2.50. The van der Waals surface area contributed by atoms with Gasteiger partial charge in [0.1, 0.15) is 23.2 Å². The second-order valence-corrected chi connectivity index (χ2v) is 18.4. The molecule has 2 aromatic carbocycles. The van der Waals surface area contributed by atoms with Crippen LogP contribution < -0.4 is 0 Å². The minimum Gasteiger partial charge on any atom is -0.480 e. The summed E-state index contributed by atoms with van der Waals surface area (Å²) in [6.45, 7) is 10.7. The van der Waals surface area contributed by atoms with E-state index in [9.17, 15) is 28.8 Å². The number of ketones is 2. The van der Waals surface area contributed by atoms with Gasteiger partial charge in [-0.25, -0.2) is 9.59 Å². The predicted molar refractivity (Wildman–Crippen MR) is 245 cm³/mol. The first-order chi connectivity index (χ1) is 29.4. The van der Waals surface area contributed by atoms with Crippen molar-refractivity contribution in [2.24, 2.45) is 11.8 Å². The predicted octanol–water partition coefficient (Wildman–Crippen LogP) is 9.21. The molecule has 2 aromatic rings. The Morgan fingerprint density at radius 1 is 0.603 bits per heavy atom. The Morgan fingerprint density at radius 2 is 0.984 bits per heavy atom. The van der Waals surface area contributed by atoms with Gasteiger partial charge in [0.05, 0.1) is 0 Å². The normalized spacial score (nSPS) is 20.6. The van der Waals surface area contributed by atoms with Crippen molar-refractivity contribution in [3.63, 3.8) is 0 Å². The Balaban J connectivity index is 0.000000369. The van der Waals surface area contributed by atoms with Gasteiger partial charge in [0.25, 0.3) is 0 Å². The van der Waals surface area contributed by atoms with Crippen LogP contribution in [-0.4, -0.2) is 127 Å². The number of carbonyl (C=O) groups is 6. The Morgan fingerprint density at radius 3 is 1.29 bits per heavy atom. The van der Waals surface area contributed by atoms with Crippen molar-refractivity contribution in [1.29, 1.82) is 0 Å². The van der Waals surface area contributed by atoms with E-state index in [1.807, 2.05) is 33.8 Å². The molecule has 2 saturated carbocycles. The standard InChI is InChI=1S/C23H33ClN2O5.C16H19Cl2NO3.C7H15NO2/c1-15(2)20(25(4)5)21(28)30-16(3)31-22(29)26(6)23(14-10-9-13-19(23)27)17-11-7-8-12-18(17)24;1-11(17)22-15(21)19(2)16(10-6-5-9-14(16)20)12-7-3-4-8-13(12)18;1-5(2)6(7(9)10)8(3)4/h7-8,11-12,15-16,20H,9-10,13-14H2,1-6H3;3-4,7-8,11H,5-6,9-10H2,1-2H3;5-6H,1-4H3,(H,9,10)/t16?,20-,23-;11?,16-;6-/m000/s1. The molecular weight excluding hydrogens is 875 g/mol. The topological polar surface area (TPSA) is 163 Å². The van der Waals surface area contributed by atoms with Gasteiger partial charge in [-0.15, -0.1) is 0 Å². The lowest BCUT2D eigenvalue weighted by Crippen LogP contribution is -2.55. The molecule has 6 atom stereocenters. The number of rotatable bonds is 13. The fourth-order valence-corrected chi connectivity index (χ4v) is 9.11. The van der Waals surface area contributed by atoms with Crippen LogP contribution in [0.2, 0.25) is 10.0 Å². The van der Waals surface area contributed by atoms with Crippen LogP contribution in [0.5, 0.6) is 0 Å². The Bertz CT molecular complexity index is 1860. The Kier molecular flexibility index (Phi) is 21.8. The summed E-state index contributed by atoms with van der Waals surface area (Å²) in [5, 5.41) is 9.56. The maximum absolute atomic E-state index is 13.1. The third-order valence-corrected chi connectivity index (χ3v) is 12.1. The smallest absolute Gasteiger partial charge is 0.413 e. The maximum atomic E-state index is 13.1. The fraction of sp³-hybridized carbons (Fsp3) is 0.609. The highest BCUT2D eigenvalue weighted by molar-refractivity contribution is 6.32. The van der Waals surface area contributed by atoms with E-state index in [2.05, 4.69) is 0 Å². The average molecular weight is 942 g/mol. The number of esters is 1. The molecule has 2 fully saturated rings. The first kappa shape index (κ1) is 55.2. The summed E-state index contributed by atoms with van der Waals surface area (Å²) in [6, 6.07) is 13.3. The summed E-state index contributed by atoms with van der Waals surface area (Å²) >= 11 is 18.5. The zero-order chi connectivity index (χ0) is 48.0. The summed E-state index contributed by atoms with van der Waals surface area (Å²) in [4.78, 5) is 80.4. The molecule has 17 heteroatoms. The van der Waals surface area contributed by atoms with Crippen LogP contribution in [0.3, 0.4) is 0 Å². The van der Waals surface area contributed by atoms with E-state index in [4.69, 9.17) is 54.1 Å². The van der Waals surface area contributed by atoms with Crippen LogP contribution in [0.1, 0.15) is 104 Å². The van der Waals surface area contributed by atoms with Crippen molar-refractivity contribution in [1.82, 2.24) is 19.6 Å². The molecule has 14 nitrogen and oxygen atoms in total. The highest BCUT2D eigenvalue weighted by atomic mass is 35.5. The van der Waals surface area contributed by atoms with Gasteiger partial charge in [-0.3, -0.25) is 38.8 Å². The van der Waals surface area contributed by atoms with Crippen LogP contribution in [0.15, 0.2) is 48.5 Å². The second-order valence-electron chi connectivity index (χ2n) is 17.0. The van der Waals surface area contributed by atoms with Gasteiger partial charge < -0.3 is 19.3 Å². The van der Waals surface area contributed by atoms with Crippen molar-refractivity contribution in [2.45, 2.75) is 128 Å². The molecule has 0 spiro atoms. The van der Waals surface area contributed by atoms with Crippen molar-refractivity contribution in [3.05, 3.63) is 69.7 Å². The summed E-state index contributed by atoms with van der Waals surface area (Å²) in [5.74, 6) is -1.14. The number of carboxylic acid groups (broad SMARTS) is 1. The molecule has 2 aliphatic rings. The fourth-order valence-electron chi connectivity index (χ4n) is 8.45. The minimum atomic E-state index is -1.21. The van der Waals surface area contributed by atoms with Crippen molar-refractivity contribution in [3.8, 4) is 0 Å². The molecule has 63 heavy (non-hydrogen) atoms. The first-order valence-corrected chi connectivity index (χ1v) is 22.4. The summed E-state index contributed by atoms with van der Waals surface area (Å²) < 4.78 is 15.8. The number of nitrogens with zero attached hydrogens (tertiary/aromatic N) is 4. The molecule has 2 amide bonds. The van der Waals surface area contributed by atoms with Crippen molar-refractivity contribution in [2.75, 3.05) is 42.3 Å². The number of aliphatic carboxylic acids is 1. The van der Waals surface area contributed by atoms with E-state index in [0.717, 1.165) is 25.7 Å². The quantitative estimate of drug-likeness (QED) is 0.115. The Hall–Kier alpha value is -3.95. The highest BCUT2D eigenvalue weighted by Crippen LogP contribution is 2.44. The van der Waals surface area contributed by atoms with Gasteiger partial charge in [-0.2, -0.15) is 0 Å². The Labute approximate surface area is 388 Å². The zero-order valence-electron chi connectivity index (χ0n) is 38.8. The molecule has 2 aliphatic carbocycles. The molecule has 1 N–H and O–H groups in total. The molecule has 0 radical (unpaired) electrons. The van der Waals surface area contributed by atoms with Gasteiger partial charge in [0.15, 0.2) is 17.1 Å². The van der Waals surface area contributed by atoms with Gasteiger partial charge in [0, 0.05) is 55.0 Å². The summed E-state index contributed by atoms with van der Waals surface area (Å²) in [6.07, 6.45) is 2.46. The van der Waals surface area contributed by atoms with Crippen molar-refractivity contribution < 1.29 is 48.1 Å². The molecule has 352 valence electrons. The van der Waals surface area contributed by atoms with E-state index in [-0.39, 0.29) is 29.4 Å². The van der Waals surface area contributed by atoms with E-state index < -0.39 is 53.1 Å². The molecule has 2 unspecified atom stereocenters. The average Bonchev–Trinajstić information content (AvgIpc) is 3.18. The number of carboxylic acids is 1. The lowest BCUT2D eigenvalue weighted by molar-refractivity contribution is -0.174. The molecule has 0 saturated heterocycles. The van der Waals surface area contributed by atoms with Gasteiger partial charge in [-0.1, -0.05) is 98.9 Å². The zero-order valence-corrected chi connectivity index (χ0v) is 41.1. The molecule has 4 rings (SSSR count). The third-order valence-electron chi connectivity index (χ3n) is 11.3. The first-order valence-electron chi connectivity index (χ1n) is 21.2. The maximum Gasteiger partial charge on any atom is 0.413 e. The number of alkyl halides is 1. The molecular formula is C46H67Cl3N4O10. The number of halogens is 3. The van der Waals surface area contributed by atoms with Crippen LogP contribution in [-0.2, 0) is 44.5 Å². The number of amides is 2. The van der Waals surface area contributed by atoms with E-state index in [1.54, 1.807) is 94.4 Å². The van der Waals surface area contributed by atoms with Gasteiger partial charge in [-0.05, 0) is 97.6 Å². The van der Waals surface area contributed by atoms with Crippen LogP contribution in [0.25, 0.3) is 0 Å². The van der Waals surface area contributed by atoms with Gasteiger partial charge >= 0.3 is 24.1 Å². The molecule has 0 aromatic heterocycles. The van der Waals surface area contributed by atoms with E-state index >= 15 is 0 Å². The summed E-state index contributed by atoms with van der Waals surface area (Å²) in [7, 11) is 10.2. The number of hydrogen-bond acceptors (Lipinski definition) is 11. The summed E-state index contributed by atoms with van der Waals surface area (Å²) in [5.41, 5.74) is -1.83. The minimum absolute atomic E-state index is 0.0199. The number of likely N-dealkylation sites (N-methyl/N-ethyl adjacent to an activating group) is 4. The molecule has 0 aliphatic heterocycles. The number of carbonyl (C=O) groups excluding carboxylic acids is 5. The van der Waals surface area contributed by atoms with Crippen LogP contribution >= 0.6 is 34.8 Å². The van der Waals surface area contributed by atoms with E-state index in [0.29, 0.717) is 46.9 Å². The monoisotopic (exact) mass is 940 g/mol. The molecule has 0 heterocycles. The molecule has 0 bridgehead atoms. The van der Waals surface area contributed by atoms with Crippen LogP contribution in [0, 0.1) is 11.8 Å². The number of Topliss-reactive ketones (excluding diaryl/α,β-unsaturated/α-hetero) is 2. The van der Waals surface area contributed by atoms with E-state index in [1.165, 1.54) is 23.8 Å². The number of hydrogen-bond donors (Lipinski definition) is 1. The number of ether oxygens (including phenoxy) is 3. The third kappa shape index (κ3) is 14.0. The lowest BCUT2D eigenvalue weighted by Gasteiger charge is -2.43. The number of benzene rings is 2. The lowest BCUT2D eigenvalue weighted by atomic mass is 9.74. The van der Waals surface area contributed by atoms with Crippen molar-refractivity contribution >= 4 is 70.5 Å². The largest absolute Gasteiger partial charge is 0.480 e. The SMILES string of the molecule is CC(C)[C@@H](C(=O)O)N(C)C.CC(Cl)OC(=O)N(C)[C@]1(c2ccccc2Cl)CCCCC1=O.CC(OC(=O)[C@H](C(C)C)N(C)C)OC(=O)N(C)[C@]1(c2ccccc2Cl)CCCCC1=O. The second kappa shape index (κ2) is 24.9. The van der Waals surface area contributed by atoms with Crippen LogP contribution in [0.4, 0.5) is 9.59 Å².